The van der Waals surface area contributed by atoms with E-state index in [1.54, 1.807) is 17.1 Å². The van der Waals surface area contributed by atoms with Crippen LogP contribution < -0.4 is 11.2 Å². The molecule has 18 heavy (non-hydrogen) atoms. The lowest BCUT2D eigenvalue weighted by atomic mass is 10.1. The summed E-state index contributed by atoms with van der Waals surface area (Å²) in [4.78, 5) is 0.173. The summed E-state index contributed by atoms with van der Waals surface area (Å²) >= 11 is -0.119. The number of thioether (sulfide) groups is 1. The third-order valence-electron chi connectivity index (χ3n) is 2.17. The molecule has 1 aromatic rings. The zero-order chi connectivity index (χ0) is 13.8. The molecule has 0 heterocycles. The summed E-state index contributed by atoms with van der Waals surface area (Å²) in [6.45, 7) is 0.365. The fourth-order valence-corrected chi connectivity index (χ4v) is 2.02. The molecule has 0 spiro atoms. The second-order valence-corrected chi connectivity index (χ2v) is 5.07. The van der Waals surface area contributed by atoms with E-state index in [0.717, 1.165) is 5.56 Å². The number of hydrogen-bond donors (Lipinski definition) is 2. The highest BCUT2D eigenvalue weighted by Crippen LogP contribution is 2.36. The molecule has 1 aromatic carbocycles. The van der Waals surface area contributed by atoms with Gasteiger partial charge in [-0.15, -0.1) is 0 Å². The summed E-state index contributed by atoms with van der Waals surface area (Å²) < 4.78 is 36.5. The number of alkyl halides is 3. The quantitative estimate of drug-likeness (QED) is 0.641. The molecule has 1 rings (SSSR count). The van der Waals surface area contributed by atoms with Crippen LogP contribution >= 0.6 is 11.8 Å². The number of benzene rings is 1. The van der Waals surface area contributed by atoms with E-state index in [9.17, 15) is 13.2 Å². The molecule has 3 N–H and O–H groups in total. The van der Waals surface area contributed by atoms with Gasteiger partial charge in [0.25, 0.3) is 0 Å². The lowest BCUT2D eigenvalue weighted by Crippen LogP contribution is -2.37. The van der Waals surface area contributed by atoms with E-state index in [0.29, 0.717) is 6.54 Å². The summed E-state index contributed by atoms with van der Waals surface area (Å²) in [7, 11) is 3.66. The lowest BCUT2D eigenvalue weighted by molar-refractivity contribution is -0.0328. The van der Waals surface area contributed by atoms with Crippen LogP contribution in [-0.4, -0.2) is 31.2 Å². The van der Waals surface area contributed by atoms with Crippen molar-refractivity contribution in [1.82, 2.24) is 10.4 Å². The Morgan fingerprint density at radius 2 is 1.83 bits per heavy atom. The molecule has 0 radical (unpaired) electrons. The summed E-state index contributed by atoms with van der Waals surface area (Å²) in [6, 6.07) is 6.11. The van der Waals surface area contributed by atoms with Gasteiger partial charge in [0.05, 0.1) is 6.04 Å². The van der Waals surface area contributed by atoms with E-state index in [1.807, 2.05) is 14.1 Å². The van der Waals surface area contributed by atoms with Crippen LogP contribution in [0.25, 0.3) is 0 Å². The predicted molar refractivity (Wildman–Crippen MR) is 67.0 cm³/mol. The fourth-order valence-electron chi connectivity index (χ4n) is 1.48. The van der Waals surface area contributed by atoms with Crippen LogP contribution in [0.5, 0.6) is 0 Å². The summed E-state index contributed by atoms with van der Waals surface area (Å²) in [5.74, 6) is 0. The number of hydrogen-bond acceptors (Lipinski definition) is 4. The van der Waals surface area contributed by atoms with Gasteiger partial charge in [-0.05, 0) is 29.5 Å². The van der Waals surface area contributed by atoms with Crippen molar-refractivity contribution in [2.45, 2.75) is 16.4 Å². The first kappa shape index (κ1) is 15.3. The van der Waals surface area contributed by atoms with Crippen LogP contribution in [0, 0.1) is 0 Å². The highest BCUT2D eigenvalue weighted by molar-refractivity contribution is 8.00. The molecule has 1 unspecified atom stereocenters. The van der Waals surface area contributed by atoms with Crippen LogP contribution in [0.1, 0.15) is 11.6 Å². The maximum absolute atomic E-state index is 12.2. The zero-order valence-electron chi connectivity index (χ0n) is 10.2. The molecule has 0 bridgehead atoms. The minimum Gasteiger partial charge on any atom is -0.329 e. The van der Waals surface area contributed by atoms with Gasteiger partial charge in [0.2, 0.25) is 0 Å². The van der Waals surface area contributed by atoms with Gasteiger partial charge in [0.15, 0.2) is 0 Å². The smallest absolute Gasteiger partial charge is 0.329 e. The van der Waals surface area contributed by atoms with Crippen molar-refractivity contribution in [3.05, 3.63) is 29.8 Å². The van der Waals surface area contributed by atoms with Crippen molar-refractivity contribution >= 4 is 11.8 Å². The van der Waals surface area contributed by atoms with Gasteiger partial charge in [0.1, 0.15) is 0 Å². The molecule has 0 amide bonds. The van der Waals surface area contributed by atoms with E-state index < -0.39 is 5.51 Å². The van der Waals surface area contributed by atoms with Crippen molar-refractivity contribution < 1.29 is 13.2 Å². The van der Waals surface area contributed by atoms with Gasteiger partial charge in [-0.1, -0.05) is 12.1 Å². The molecule has 3 nitrogen and oxygen atoms in total. The van der Waals surface area contributed by atoms with Crippen molar-refractivity contribution in [2.75, 3.05) is 20.6 Å². The Morgan fingerprint density at radius 3 is 2.22 bits per heavy atom. The van der Waals surface area contributed by atoms with E-state index in [4.69, 9.17) is 5.73 Å². The molecule has 0 aliphatic heterocycles. The Kier molecular flexibility index (Phi) is 5.46. The van der Waals surface area contributed by atoms with E-state index >= 15 is 0 Å². The summed E-state index contributed by atoms with van der Waals surface area (Å²) in [5.41, 5.74) is 5.32. The summed E-state index contributed by atoms with van der Waals surface area (Å²) in [6.07, 6.45) is 0. The second kappa shape index (κ2) is 6.42. The number of hydrazine groups is 1. The number of rotatable bonds is 5. The molecule has 0 saturated carbocycles. The fraction of sp³-hybridized carbons (Fsp3) is 0.455. The number of halogens is 3. The monoisotopic (exact) mass is 279 g/mol. The third kappa shape index (κ3) is 5.26. The van der Waals surface area contributed by atoms with Crippen molar-refractivity contribution in [3.63, 3.8) is 0 Å². The number of nitrogens with two attached hydrogens (primary N) is 1. The Labute approximate surface area is 108 Å². The Hall–Kier alpha value is -0.760. The molecule has 0 aromatic heterocycles. The lowest BCUT2D eigenvalue weighted by Gasteiger charge is -2.22. The SMILES string of the molecule is CN(C)NC(CN)c1ccc(SC(F)(F)F)cc1. The molecule has 1 atom stereocenters. The molecular weight excluding hydrogens is 263 g/mol. The minimum absolute atomic E-state index is 0.107. The first-order chi connectivity index (χ1) is 8.31. The van der Waals surface area contributed by atoms with Gasteiger partial charge >= 0.3 is 5.51 Å². The molecule has 102 valence electrons. The maximum atomic E-state index is 12.2. The van der Waals surface area contributed by atoms with Crippen LogP contribution in [-0.2, 0) is 0 Å². The average molecular weight is 279 g/mol. The Balaban J connectivity index is 2.74. The van der Waals surface area contributed by atoms with Crippen LogP contribution in [0.2, 0.25) is 0 Å². The van der Waals surface area contributed by atoms with Gasteiger partial charge < -0.3 is 5.73 Å². The predicted octanol–water partition coefficient (Wildman–Crippen LogP) is 2.36. The van der Waals surface area contributed by atoms with Gasteiger partial charge in [0, 0.05) is 25.5 Å². The molecular formula is C11H16F3N3S. The topological polar surface area (TPSA) is 41.3 Å². The van der Waals surface area contributed by atoms with Gasteiger partial charge in [-0.2, -0.15) is 13.2 Å². The largest absolute Gasteiger partial charge is 0.446 e. The van der Waals surface area contributed by atoms with E-state index in [-0.39, 0.29) is 22.7 Å². The zero-order valence-corrected chi connectivity index (χ0v) is 11.0. The maximum Gasteiger partial charge on any atom is 0.446 e. The number of nitrogens with zero attached hydrogens (tertiary/aromatic N) is 1. The third-order valence-corrected chi connectivity index (χ3v) is 2.91. The highest BCUT2D eigenvalue weighted by atomic mass is 32.2. The number of nitrogens with one attached hydrogen (secondary N) is 1. The molecule has 0 aliphatic carbocycles. The normalized spacial score (nSPS) is 13.9. The first-order valence-corrected chi connectivity index (χ1v) is 6.12. The van der Waals surface area contributed by atoms with Crippen LogP contribution in [0.3, 0.4) is 0 Å². The van der Waals surface area contributed by atoms with E-state index in [1.165, 1.54) is 12.1 Å². The second-order valence-electron chi connectivity index (χ2n) is 3.93. The average Bonchev–Trinajstić information content (AvgIpc) is 2.24. The summed E-state index contributed by atoms with van der Waals surface area (Å²) in [5, 5.41) is 1.76. The molecule has 7 heteroatoms. The van der Waals surface area contributed by atoms with Crippen LogP contribution in [0.15, 0.2) is 29.2 Å². The van der Waals surface area contributed by atoms with Crippen molar-refractivity contribution in [2.24, 2.45) is 5.73 Å². The molecule has 0 saturated heterocycles. The standard InChI is InChI=1S/C11H16F3N3S/c1-17(2)16-10(7-15)8-3-5-9(6-4-8)18-11(12,13)14/h3-6,10,16H,7,15H2,1-2H3. The van der Waals surface area contributed by atoms with Crippen molar-refractivity contribution in [3.8, 4) is 0 Å². The minimum atomic E-state index is -4.25. The van der Waals surface area contributed by atoms with Crippen LogP contribution in [0.4, 0.5) is 13.2 Å². The van der Waals surface area contributed by atoms with Gasteiger partial charge in [-0.25, -0.2) is 10.4 Å². The highest BCUT2D eigenvalue weighted by Gasteiger charge is 2.29. The first-order valence-electron chi connectivity index (χ1n) is 5.31. The van der Waals surface area contributed by atoms with E-state index in [2.05, 4.69) is 5.43 Å². The van der Waals surface area contributed by atoms with Gasteiger partial charge in [-0.3, -0.25) is 0 Å². The molecule has 0 aliphatic rings. The Bertz CT molecular complexity index is 365. The molecule has 0 fully saturated rings. The van der Waals surface area contributed by atoms with Crippen molar-refractivity contribution in [1.29, 1.82) is 0 Å². The Morgan fingerprint density at radius 1 is 1.28 bits per heavy atom.